The van der Waals surface area contributed by atoms with Gasteiger partial charge in [-0.15, -0.1) is 11.8 Å². The summed E-state index contributed by atoms with van der Waals surface area (Å²) < 4.78 is 0. The molecule has 1 aliphatic carbocycles. The summed E-state index contributed by atoms with van der Waals surface area (Å²) in [5.74, 6) is 6.56. The predicted octanol–water partition coefficient (Wildman–Crippen LogP) is 2.55. The van der Waals surface area contributed by atoms with Gasteiger partial charge in [-0.05, 0) is 19.8 Å². The number of carbonyl (C=O) groups excluding carboxylic acids is 1. The Hall–Kier alpha value is -0.770. The lowest BCUT2D eigenvalue weighted by molar-refractivity contribution is -0.122. The van der Waals surface area contributed by atoms with Crippen molar-refractivity contribution in [3.05, 3.63) is 0 Å². The molecule has 0 aromatic heterocycles. The zero-order chi connectivity index (χ0) is 8.81. The van der Waals surface area contributed by atoms with E-state index in [1.54, 1.807) is 0 Å². The smallest absolute Gasteiger partial charge is 0.136 e. The van der Waals surface area contributed by atoms with E-state index in [1.165, 1.54) is 12.8 Å². The van der Waals surface area contributed by atoms with Crippen LogP contribution in [0.1, 0.15) is 45.4 Å². The van der Waals surface area contributed by atoms with E-state index in [2.05, 4.69) is 11.8 Å². The lowest BCUT2D eigenvalue weighted by atomic mass is 9.99. The molecule has 66 valence electrons. The Bertz CT molecular complexity index is 201. The van der Waals surface area contributed by atoms with Gasteiger partial charge in [0.2, 0.25) is 0 Å². The first-order chi connectivity index (χ1) is 5.84. The maximum absolute atomic E-state index is 11.5. The molecule has 1 rings (SSSR count). The van der Waals surface area contributed by atoms with Crippen LogP contribution in [0.2, 0.25) is 0 Å². The minimum absolute atomic E-state index is 0.378. The van der Waals surface area contributed by atoms with E-state index in [0.29, 0.717) is 18.1 Å². The van der Waals surface area contributed by atoms with Gasteiger partial charge in [-0.25, -0.2) is 0 Å². The highest BCUT2D eigenvalue weighted by Crippen LogP contribution is 2.26. The largest absolute Gasteiger partial charge is 0.299 e. The Balaban J connectivity index is 2.21. The van der Waals surface area contributed by atoms with E-state index < -0.39 is 0 Å². The van der Waals surface area contributed by atoms with Crippen LogP contribution in [0.25, 0.3) is 0 Å². The standard InChI is InChI=1S/C11H16O/c1-2-3-4-9-11(12)10-7-5-6-8-10/h10H,4-9H2,1H3. The second kappa shape index (κ2) is 4.98. The highest BCUT2D eigenvalue weighted by atomic mass is 16.1. The lowest BCUT2D eigenvalue weighted by Gasteiger charge is -2.04. The van der Waals surface area contributed by atoms with Gasteiger partial charge in [0.15, 0.2) is 0 Å². The van der Waals surface area contributed by atoms with Crippen molar-refractivity contribution in [2.45, 2.75) is 45.4 Å². The van der Waals surface area contributed by atoms with Gasteiger partial charge in [0, 0.05) is 18.8 Å². The van der Waals surface area contributed by atoms with Crippen molar-refractivity contribution in [2.24, 2.45) is 5.92 Å². The predicted molar refractivity (Wildman–Crippen MR) is 49.6 cm³/mol. The van der Waals surface area contributed by atoms with Crippen LogP contribution in [0, 0.1) is 17.8 Å². The Morgan fingerprint density at radius 1 is 1.42 bits per heavy atom. The third-order valence-corrected chi connectivity index (χ3v) is 2.48. The average Bonchev–Trinajstić information content (AvgIpc) is 2.56. The second-order valence-electron chi connectivity index (χ2n) is 3.37. The van der Waals surface area contributed by atoms with Crippen molar-refractivity contribution in [3.8, 4) is 11.8 Å². The summed E-state index contributed by atoms with van der Waals surface area (Å²) in [4.78, 5) is 11.5. The van der Waals surface area contributed by atoms with E-state index in [0.717, 1.165) is 19.3 Å². The molecule has 0 amide bonds. The fraction of sp³-hybridized carbons (Fsp3) is 0.727. The molecule has 1 aliphatic rings. The molecule has 0 aromatic rings. The number of ketones is 1. The van der Waals surface area contributed by atoms with Crippen molar-refractivity contribution < 1.29 is 4.79 Å². The maximum atomic E-state index is 11.5. The number of hydrogen-bond donors (Lipinski definition) is 0. The summed E-state index contributed by atoms with van der Waals surface area (Å²) in [6.07, 6.45) is 6.17. The van der Waals surface area contributed by atoms with Gasteiger partial charge in [0.25, 0.3) is 0 Å². The summed E-state index contributed by atoms with van der Waals surface area (Å²) in [5.41, 5.74) is 0. The molecule has 0 aliphatic heterocycles. The summed E-state index contributed by atoms with van der Waals surface area (Å²) in [6, 6.07) is 0. The molecule has 1 fully saturated rings. The SMILES string of the molecule is CC#CCCC(=O)C1CCCC1. The van der Waals surface area contributed by atoms with Crippen molar-refractivity contribution in [1.82, 2.24) is 0 Å². The minimum atomic E-state index is 0.378. The minimum Gasteiger partial charge on any atom is -0.299 e. The monoisotopic (exact) mass is 164 g/mol. The molecule has 1 heteroatoms. The van der Waals surface area contributed by atoms with E-state index in [1.807, 2.05) is 6.92 Å². The zero-order valence-electron chi connectivity index (χ0n) is 7.73. The van der Waals surface area contributed by atoms with Crippen LogP contribution in [0.3, 0.4) is 0 Å². The third kappa shape index (κ3) is 2.70. The van der Waals surface area contributed by atoms with Gasteiger partial charge in [0.1, 0.15) is 5.78 Å². The van der Waals surface area contributed by atoms with Crippen molar-refractivity contribution in [3.63, 3.8) is 0 Å². The first kappa shape index (κ1) is 9.32. The normalized spacial score (nSPS) is 17.1. The summed E-state index contributed by atoms with van der Waals surface area (Å²) in [6.45, 7) is 1.82. The number of hydrogen-bond acceptors (Lipinski definition) is 1. The molecule has 0 saturated heterocycles. The highest BCUT2D eigenvalue weighted by molar-refractivity contribution is 5.81. The molecule has 0 aromatic carbocycles. The van der Waals surface area contributed by atoms with Crippen LogP contribution >= 0.6 is 0 Å². The summed E-state index contributed by atoms with van der Waals surface area (Å²) >= 11 is 0. The molecule has 12 heavy (non-hydrogen) atoms. The molecule has 0 bridgehead atoms. The average molecular weight is 164 g/mol. The first-order valence-corrected chi connectivity index (χ1v) is 4.77. The van der Waals surface area contributed by atoms with Crippen molar-refractivity contribution in [2.75, 3.05) is 0 Å². The molecule has 0 spiro atoms. The van der Waals surface area contributed by atoms with E-state index in [4.69, 9.17) is 0 Å². The molecule has 0 N–H and O–H groups in total. The Morgan fingerprint density at radius 3 is 2.67 bits per heavy atom. The molecule has 0 unspecified atom stereocenters. The maximum Gasteiger partial charge on any atom is 0.136 e. The second-order valence-corrected chi connectivity index (χ2v) is 3.37. The van der Waals surface area contributed by atoms with Gasteiger partial charge in [0.05, 0.1) is 0 Å². The van der Waals surface area contributed by atoms with Gasteiger partial charge < -0.3 is 0 Å². The molecule has 0 atom stereocenters. The third-order valence-electron chi connectivity index (χ3n) is 2.48. The molecular formula is C11H16O. The van der Waals surface area contributed by atoms with E-state index >= 15 is 0 Å². The topological polar surface area (TPSA) is 17.1 Å². The van der Waals surface area contributed by atoms with Crippen LogP contribution < -0.4 is 0 Å². The number of Topliss-reactive ketones (excluding diaryl/α,β-unsaturated/α-hetero) is 1. The molecular weight excluding hydrogens is 148 g/mol. The number of carbonyl (C=O) groups is 1. The fourth-order valence-corrected chi connectivity index (χ4v) is 1.76. The fourth-order valence-electron chi connectivity index (χ4n) is 1.76. The summed E-state index contributed by atoms with van der Waals surface area (Å²) in [7, 11) is 0. The van der Waals surface area contributed by atoms with Crippen molar-refractivity contribution in [1.29, 1.82) is 0 Å². The van der Waals surface area contributed by atoms with Gasteiger partial charge >= 0.3 is 0 Å². The summed E-state index contributed by atoms with van der Waals surface area (Å²) in [5, 5.41) is 0. The van der Waals surface area contributed by atoms with E-state index in [9.17, 15) is 4.79 Å². The number of rotatable bonds is 3. The Morgan fingerprint density at radius 2 is 2.08 bits per heavy atom. The molecule has 1 saturated carbocycles. The quantitative estimate of drug-likeness (QED) is 0.586. The molecule has 0 heterocycles. The van der Waals surface area contributed by atoms with Crippen LogP contribution in [-0.4, -0.2) is 5.78 Å². The Labute approximate surface area is 74.5 Å². The van der Waals surface area contributed by atoms with Crippen molar-refractivity contribution >= 4 is 5.78 Å². The lowest BCUT2D eigenvalue weighted by Crippen LogP contribution is -2.09. The van der Waals surface area contributed by atoms with Crippen LogP contribution in [0.4, 0.5) is 0 Å². The van der Waals surface area contributed by atoms with Crippen LogP contribution in [-0.2, 0) is 4.79 Å². The van der Waals surface area contributed by atoms with Gasteiger partial charge in [-0.3, -0.25) is 4.79 Å². The zero-order valence-corrected chi connectivity index (χ0v) is 7.73. The molecule has 1 nitrogen and oxygen atoms in total. The van der Waals surface area contributed by atoms with Gasteiger partial charge in [-0.2, -0.15) is 0 Å². The Kier molecular flexibility index (Phi) is 3.87. The van der Waals surface area contributed by atoms with E-state index in [-0.39, 0.29) is 0 Å². The first-order valence-electron chi connectivity index (χ1n) is 4.77. The van der Waals surface area contributed by atoms with Crippen LogP contribution in [0.5, 0.6) is 0 Å². The highest BCUT2D eigenvalue weighted by Gasteiger charge is 2.21. The van der Waals surface area contributed by atoms with Crippen LogP contribution in [0.15, 0.2) is 0 Å². The molecule has 0 radical (unpaired) electrons. The van der Waals surface area contributed by atoms with Gasteiger partial charge in [-0.1, -0.05) is 12.8 Å².